The van der Waals surface area contributed by atoms with Gasteiger partial charge in [-0.2, -0.15) is 0 Å². The van der Waals surface area contributed by atoms with Crippen molar-refractivity contribution in [2.45, 2.75) is 13.5 Å². The molecule has 144 valence electrons. The third-order valence-electron chi connectivity index (χ3n) is 3.55. The van der Waals surface area contributed by atoms with E-state index in [2.05, 4.69) is 5.32 Å². The number of halogens is 1. The maximum Gasteiger partial charge on any atom is 0.341 e. The second-order valence-electron chi connectivity index (χ2n) is 5.42. The van der Waals surface area contributed by atoms with Gasteiger partial charge in [0.25, 0.3) is 5.91 Å². The number of benzene rings is 2. The summed E-state index contributed by atoms with van der Waals surface area (Å²) in [4.78, 5) is 23.1. The molecule has 0 radical (unpaired) electrons. The molecule has 0 spiro atoms. The highest BCUT2D eigenvalue weighted by Crippen LogP contribution is 2.29. The molecule has 0 saturated carbocycles. The van der Waals surface area contributed by atoms with Crippen LogP contribution in [-0.2, 0) is 11.3 Å². The zero-order valence-corrected chi connectivity index (χ0v) is 15.7. The van der Waals surface area contributed by atoms with Gasteiger partial charge in [-0.3, -0.25) is 4.79 Å². The first-order valence-corrected chi connectivity index (χ1v) is 8.54. The van der Waals surface area contributed by atoms with Crippen molar-refractivity contribution in [1.82, 2.24) is 5.32 Å². The molecule has 0 aliphatic carbocycles. The number of amides is 1. The number of nitrogens with one attached hydrogen (secondary N) is 1. The third-order valence-corrected chi connectivity index (χ3v) is 3.78. The van der Waals surface area contributed by atoms with Crippen molar-refractivity contribution in [3.05, 3.63) is 52.5 Å². The van der Waals surface area contributed by atoms with Crippen molar-refractivity contribution in [2.75, 3.05) is 20.3 Å². The molecule has 2 aromatic carbocycles. The highest BCUT2D eigenvalue weighted by Gasteiger charge is 2.13. The molecule has 1 amide bonds. The minimum absolute atomic E-state index is 0.250. The Bertz CT molecular complexity index is 824. The van der Waals surface area contributed by atoms with E-state index in [0.29, 0.717) is 28.7 Å². The van der Waals surface area contributed by atoms with Crippen LogP contribution < -0.4 is 19.5 Å². The fourth-order valence-corrected chi connectivity index (χ4v) is 2.48. The van der Waals surface area contributed by atoms with Crippen LogP contribution in [0.2, 0.25) is 5.02 Å². The van der Waals surface area contributed by atoms with Crippen LogP contribution in [0.5, 0.6) is 17.2 Å². The standard InChI is InChI=1S/C19H20ClNO6/c1-3-26-17-8-12(5-7-15(17)27-11-18(22)23)19(24)21-10-13-4-6-14(20)9-16(13)25-2/h4-9H,3,10-11H2,1-2H3,(H,21,24)(H,22,23). The number of carbonyl (C=O) groups is 2. The molecular formula is C19H20ClNO6. The van der Waals surface area contributed by atoms with Crippen molar-refractivity contribution in [2.24, 2.45) is 0 Å². The van der Waals surface area contributed by atoms with Crippen LogP contribution in [0.3, 0.4) is 0 Å². The lowest BCUT2D eigenvalue weighted by molar-refractivity contribution is -0.139. The van der Waals surface area contributed by atoms with Crippen molar-refractivity contribution in [3.8, 4) is 17.2 Å². The van der Waals surface area contributed by atoms with E-state index in [1.807, 2.05) is 0 Å². The molecule has 27 heavy (non-hydrogen) atoms. The number of aliphatic carboxylic acids is 1. The van der Waals surface area contributed by atoms with Gasteiger partial charge in [-0.25, -0.2) is 4.79 Å². The van der Waals surface area contributed by atoms with Crippen LogP contribution in [0.4, 0.5) is 0 Å². The van der Waals surface area contributed by atoms with Crippen LogP contribution in [0.1, 0.15) is 22.8 Å². The number of hydrogen-bond donors (Lipinski definition) is 2. The van der Waals surface area contributed by atoms with Crippen LogP contribution in [0.15, 0.2) is 36.4 Å². The van der Waals surface area contributed by atoms with Crippen LogP contribution in [0, 0.1) is 0 Å². The first-order valence-electron chi connectivity index (χ1n) is 8.16. The van der Waals surface area contributed by atoms with E-state index >= 15 is 0 Å². The fourth-order valence-electron chi connectivity index (χ4n) is 2.32. The Labute approximate surface area is 161 Å². The van der Waals surface area contributed by atoms with E-state index in [0.717, 1.165) is 5.56 Å². The Morgan fingerprint density at radius 2 is 1.85 bits per heavy atom. The highest BCUT2D eigenvalue weighted by atomic mass is 35.5. The molecule has 7 nitrogen and oxygen atoms in total. The lowest BCUT2D eigenvalue weighted by Gasteiger charge is -2.13. The number of rotatable bonds is 9. The summed E-state index contributed by atoms with van der Waals surface area (Å²) >= 11 is 5.93. The lowest BCUT2D eigenvalue weighted by atomic mass is 10.1. The van der Waals surface area contributed by atoms with Gasteiger partial charge in [-0.15, -0.1) is 0 Å². The summed E-state index contributed by atoms with van der Waals surface area (Å²) in [5.41, 5.74) is 1.13. The average Bonchev–Trinajstić information content (AvgIpc) is 2.65. The summed E-state index contributed by atoms with van der Waals surface area (Å²) in [6.45, 7) is 1.87. The molecule has 0 aliphatic rings. The first kappa shape index (κ1) is 20.4. The molecule has 0 heterocycles. The van der Waals surface area contributed by atoms with Gasteiger partial charge in [-0.1, -0.05) is 17.7 Å². The number of carboxylic acid groups (broad SMARTS) is 1. The number of ether oxygens (including phenoxy) is 3. The van der Waals surface area contributed by atoms with Gasteiger partial charge >= 0.3 is 5.97 Å². The zero-order chi connectivity index (χ0) is 19.8. The van der Waals surface area contributed by atoms with Gasteiger partial charge in [-0.05, 0) is 37.3 Å². The van der Waals surface area contributed by atoms with E-state index < -0.39 is 12.6 Å². The molecule has 0 aliphatic heterocycles. The van der Waals surface area contributed by atoms with E-state index in [4.69, 9.17) is 30.9 Å². The van der Waals surface area contributed by atoms with Crippen molar-refractivity contribution < 1.29 is 28.9 Å². The summed E-state index contributed by atoms with van der Waals surface area (Å²) < 4.78 is 15.9. The monoisotopic (exact) mass is 393 g/mol. The highest BCUT2D eigenvalue weighted by molar-refractivity contribution is 6.30. The Kier molecular flexibility index (Phi) is 7.31. The smallest absolute Gasteiger partial charge is 0.341 e. The van der Waals surface area contributed by atoms with E-state index in [-0.39, 0.29) is 18.2 Å². The summed E-state index contributed by atoms with van der Waals surface area (Å²) in [6, 6.07) is 9.71. The van der Waals surface area contributed by atoms with Gasteiger partial charge in [0.05, 0.1) is 13.7 Å². The molecule has 0 bridgehead atoms. The molecule has 2 rings (SSSR count). The third kappa shape index (κ3) is 5.79. The second-order valence-corrected chi connectivity index (χ2v) is 5.85. The molecule has 0 unspecified atom stereocenters. The summed E-state index contributed by atoms with van der Waals surface area (Å²) in [5.74, 6) is -0.283. The molecule has 2 aromatic rings. The van der Waals surface area contributed by atoms with Gasteiger partial charge in [0.1, 0.15) is 5.75 Å². The Hall–Kier alpha value is -2.93. The zero-order valence-electron chi connectivity index (χ0n) is 15.0. The quantitative estimate of drug-likeness (QED) is 0.679. The minimum Gasteiger partial charge on any atom is -0.496 e. The SMILES string of the molecule is CCOc1cc(C(=O)NCc2ccc(Cl)cc2OC)ccc1OCC(=O)O. The van der Waals surface area contributed by atoms with E-state index in [1.54, 1.807) is 25.1 Å². The molecule has 0 saturated heterocycles. The average molecular weight is 394 g/mol. The largest absolute Gasteiger partial charge is 0.496 e. The van der Waals surface area contributed by atoms with Crippen molar-refractivity contribution in [3.63, 3.8) is 0 Å². The van der Waals surface area contributed by atoms with Crippen LogP contribution in [0.25, 0.3) is 0 Å². The molecular weight excluding hydrogens is 374 g/mol. The molecule has 0 fully saturated rings. The van der Waals surface area contributed by atoms with Gasteiger partial charge < -0.3 is 24.6 Å². The normalized spacial score (nSPS) is 10.2. The van der Waals surface area contributed by atoms with Gasteiger partial charge in [0.2, 0.25) is 0 Å². The topological polar surface area (TPSA) is 94.1 Å². The Balaban J connectivity index is 2.11. The molecule has 0 atom stereocenters. The predicted octanol–water partition coefficient (Wildman–Crippen LogP) is 3.14. The van der Waals surface area contributed by atoms with Crippen LogP contribution >= 0.6 is 11.6 Å². The summed E-state index contributed by atoms with van der Waals surface area (Å²) in [5, 5.41) is 12.1. The molecule has 2 N–H and O–H groups in total. The lowest BCUT2D eigenvalue weighted by Crippen LogP contribution is -2.23. The first-order chi connectivity index (χ1) is 12.9. The van der Waals surface area contributed by atoms with Gasteiger partial charge in [0.15, 0.2) is 18.1 Å². The Morgan fingerprint density at radius 1 is 1.07 bits per heavy atom. The fraction of sp³-hybridized carbons (Fsp3) is 0.263. The van der Waals surface area contributed by atoms with E-state index in [1.165, 1.54) is 25.3 Å². The number of methoxy groups -OCH3 is 1. The molecule has 8 heteroatoms. The van der Waals surface area contributed by atoms with Crippen molar-refractivity contribution in [1.29, 1.82) is 0 Å². The number of carboxylic acids is 1. The van der Waals surface area contributed by atoms with Crippen molar-refractivity contribution >= 4 is 23.5 Å². The Morgan fingerprint density at radius 3 is 2.52 bits per heavy atom. The second kappa shape index (κ2) is 9.68. The maximum absolute atomic E-state index is 12.4. The number of carbonyl (C=O) groups excluding carboxylic acids is 1. The van der Waals surface area contributed by atoms with Crippen LogP contribution in [-0.4, -0.2) is 37.3 Å². The maximum atomic E-state index is 12.4. The van der Waals surface area contributed by atoms with Gasteiger partial charge in [0, 0.05) is 22.7 Å². The predicted molar refractivity (Wildman–Crippen MR) is 99.9 cm³/mol. The summed E-state index contributed by atoms with van der Waals surface area (Å²) in [6.07, 6.45) is 0. The molecule has 0 aromatic heterocycles. The minimum atomic E-state index is -1.10. The van der Waals surface area contributed by atoms with E-state index in [9.17, 15) is 9.59 Å². The summed E-state index contributed by atoms with van der Waals surface area (Å²) in [7, 11) is 1.53. The number of hydrogen-bond acceptors (Lipinski definition) is 5.